The summed E-state index contributed by atoms with van der Waals surface area (Å²) in [5, 5.41) is 13.2. The highest BCUT2D eigenvalue weighted by atomic mass is 35.5. The molecule has 2 rings (SSSR count). The summed E-state index contributed by atoms with van der Waals surface area (Å²) < 4.78 is 13.2. The minimum Gasteiger partial charge on any atom is -0.394 e. The van der Waals surface area contributed by atoms with E-state index in [0.29, 0.717) is 10.6 Å². The molecule has 3 nitrogen and oxygen atoms in total. The van der Waals surface area contributed by atoms with Crippen LogP contribution in [0.2, 0.25) is 5.02 Å². The van der Waals surface area contributed by atoms with Gasteiger partial charge < -0.3 is 10.4 Å². The monoisotopic (exact) mass is 258 g/mol. The van der Waals surface area contributed by atoms with Gasteiger partial charge in [0.05, 0.1) is 12.6 Å². The molecule has 5 heteroatoms. The molecular weight excluding hydrogens is 243 g/mol. The van der Waals surface area contributed by atoms with Crippen molar-refractivity contribution in [3.63, 3.8) is 0 Å². The largest absolute Gasteiger partial charge is 0.394 e. The SMILES string of the molecule is OC[C@@H](c1cc(F)ccc1Cl)N1CCNCC1. The first kappa shape index (κ1) is 12.8. The molecule has 1 atom stereocenters. The summed E-state index contributed by atoms with van der Waals surface area (Å²) >= 11 is 6.07. The molecule has 0 spiro atoms. The van der Waals surface area contributed by atoms with Crippen LogP contribution in [0.15, 0.2) is 18.2 Å². The number of aliphatic hydroxyl groups excluding tert-OH is 1. The van der Waals surface area contributed by atoms with Crippen molar-refractivity contribution in [2.24, 2.45) is 0 Å². The van der Waals surface area contributed by atoms with Gasteiger partial charge in [-0.05, 0) is 23.8 Å². The first-order chi connectivity index (χ1) is 8.22. The molecule has 1 saturated heterocycles. The molecule has 0 aromatic heterocycles. The van der Waals surface area contributed by atoms with Crippen molar-refractivity contribution in [2.45, 2.75) is 6.04 Å². The lowest BCUT2D eigenvalue weighted by Crippen LogP contribution is -2.46. The first-order valence-corrected chi connectivity index (χ1v) is 6.10. The number of halogens is 2. The Morgan fingerprint density at radius 2 is 2.12 bits per heavy atom. The van der Waals surface area contributed by atoms with Gasteiger partial charge in [-0.3, -0.25) is 4.90 Å². The zero-order chi connectivity index (χ0) is 12.3. The third-order valence-electron chi connectivity index (χ3n) is 3.08. The number of hydrogen-bond donors (Lipinski definition) is 2. The fourth-order valence-corrected chi connectivity index (χ4v) is 2.42. The topological polar surface area (TPSA) is 35.5 Å². The quantitative estimate of drug-likeness (QED) is 0.861. The summed E-state index contributed by atoms with van der Waals surface area (Å²) in [6, 6.07) is 4.06. The number of benzene rings is 1. The lowest BCUT2D eigenvalue weighted by molar-refractivity contribution is 0.110. The molecule has 0 aliphatic carbocycles. The third kappa shape index (κ3) is 2.96. The van der Waals surface area contributed by atoms with Crippen LogP contribution in [0.4, 0.5) is 4.39 Å². The molecule has 1 aromatic rings. The molecule has 1 aliphatic rings. The zero-order valence-electron chi connectivity index (χ0n) is 9.50. The average molecular weight is 259 g/mol. The lowest BCUT2D eigenvalue weighted by Gasteiger charge is -2.34. The molecule has 0 saturated carbocycles. The normalized spacial score (nSPS) is 19.2. The van der Waals surface area contributed by atoms with Gasteiger partial charge in [-0.25, -0.2) is 4.39 Å². The summed E-state index contributed by atoms with van der Waals surface area (Å²) in [6.07, 6.45) is 0. The van der Waals surface area contributed by atoms with Crippen molar-refractivity contribution in [1.29, 1.82) is 0 Å². The van der Waals surface area contributed by atoms with Crippen LogP contribution >= 0.6 is 11.6 Å². The van der Waals surface area contributed by atoms with Crippen molar-refractivity contribution in [2.75, 3.05) is 32.8 Å². The van der Waals surface area contributed by atoms with Gasteiger partial charge in [0.25, 0.3) is 0 Å². The summed E-state index contributed by atoms with van der Waals surface area (Å²) in [5.41, 5.74) is 0.663. The highest BCUT2D eigenvalue weighted by Gasteiger charge is 2.23. The predicted molar refractivity (Wildman–Crippen MR) is 65.7 cm³/mol. The van der Waals surface area contributed by atoms with Gasteiger partial charge in [0.15, 0.2) is 0 Å². The van der Waals surface area contributed by atoms with Crippen molar-refractivity contribution >= 4 is 11.6 Å². The Hall–Kier alpha value is -0.680. The smallest absolute Gasteiger partial charge is 0.123 e. The van der Waals surface area contributed by atoms with E-state index in [1.54, 1.807) is 0 Å². The second-order valence-electron chi connectivity index (χ2n) is 4.15. The second kappa shape index (κ2) is 5.78. The Morgan fingerprint density at radius 1 is 1.41 bits per heavy atom. The van der Waals surface area contributed by atoms with Crippen LogP contribution in [0.3, 0.4) is 0 Å². The maximum Gasteiger partial charge on any atom is 0.123 e. The molecule has 1 heterocycles. The molecule has 1 fully saturated rings. The minimum atomic E-state index is -0.321. The molecule has 0 amide bonds. The van der Waals surface area contributed by atoms with E-state index < -0.39 is 0 Å². The van der Waals surface area contributed by atoms with E-state index >= 15 is 0 Å². The second-order valence-corrected chi connectivity index (χ2v) is 4.56. The van der Waals surface area contributed by atoms with Gasteiger partial charge in [0, 0.05) is 31.2 Å². The van der Waals surface area contributed by atoms with E-state index in [9.17, 15) is 9.50 Å². The molecule has 0 bridgehead atoms. The predicted octanol–water partition coefficient (Wildman–Crippen LogP) is 1.42. The number of aliphatic hydroxyl groups is 1. The summed E-state index contributed by atoms with van der Waals surface area (Å²) in [5.74, 6) is -0.321. The first-order valence-electron chi connectivity index (χ1n) is 5.73. The maximum absolute atomic E-state index is 13.2. The zero-order valence-corrected chi connectivity index (χ0v) is 10.3. The average Bonchev–Trinajstić information content (AvgIpc) is 2.36. The van der Waals surface area contributed by atoms with Crippen molar-refractivity contribution in [3.05, 3.63) is 34.6 Å². The van der Waals surface area contributed by atoms with Gasteiger partial charge in [0.2, 0.25) is 0 Å². The van der Waals surface area contributed by atoms with Crippen LogP contribution in [0, 0.1) is 5.82 Å². The van der Waals surface area contributed by atoms with Crippen LogP contribution in [0.25, 0.3) is 0 Å². The third-order valence-corrected chi connectivity index (χ3v) is 3.43. The van der Waals surface area contributed by atoms with Gasteiger partial charge in [-0.1, -0.05) is 11.6 Å². The number of nitrogens with one attached hydrogen (secondary N) is 1. The van der Waals surface area contributed by atoms with Crippen molar-refractivity contribution in [3.8, 4) is 0 Å². The van der Waals surface area contributed by atoms with E-state index in [1.165, 1.54) is 18.2 Å². The van der Waals surface area contributed by atoms with E-state index in [1.807, 2.05) is 0 Å². The van der Waals surface area contributed by atoms with Crippen LogP contribution < -0.4 is 5.32 Å². The molecule has 1 aromatic carbocycles. The van der Waals surface area contributed by atoms with Crippen LogP contribution in [-0.4, -0.2) is 42.8 Å². The summed E-state index contributed by atoms with van der Waals surface area (Å²) in [6.45, 7) is 3.37. The highest BCUT2D eigenvalue weighted by Crippen LogP contribution is 2.28. The van der Waals surface area contributed by atoms with E-state index in [-0.39, 0.29) is 18.5 Å². The molecule has 1 aliphatic heterocycles. The van der Waals surface area contributed by atoms with Crippen LogP contribution in [0.5, 0.6) is 0 Å². The van der Waals surface area contributed by atoms with Gasteiger partial charge >= 0.3 is 0 Å². The van der Waals surface area contributed by atoms with Gasteiger partial charge in [0.1, 0.15) is 5.82 Å². The fourth-order valence-electron chi connectivity index (χ4n) is 2.17. The Labute approximate surface area is 105 Å². The van der Waals surface area contributed by atoms with Crippen molar-refractivity contribution in [1.82, 2.24) is 10.2 Å². The van der Waals surface area contributed by atoms with E-state index in [0.717, 1.165) is 26.2 Å². The number of piperazine rings is 1. The van der Waals surface area contributed by atoms with Crippen LogP contribution in [-0.2, 0) is 0 Å². The number of rotatable bonds is 3. The lowest BCUT2D eigenvalue weighted by atomic mass is 10.0. The maximum atomic E-state index is 13.2. The summed E-state index contributed by atoms with van der Waals surface area (Å²) in [4.78, 5) is 2.12. The molecule has 17 heavy (non-hydrogen) atoms. The Bertz CT molecular complexity index is 383. The fraction of sp³-hybridized carbons (Fsp3) is 0.500. The molecule has 94 valence electrons. The van der Waals surface area contributed by atoms with Gasteiger partial charge in [-0.2, -0.15) is 0 Å². The van der Waals surface area contributed by atoms with Crippen LogP contribution in [0.1, 0.15) is 11.6 Å². The van der Waals surface area contributed by atoms with E-state index in [2.05, 4.69) is 10.2 Å². The number of nitrogens with zero attached hydrogens (tertiary/aromatic N) is 1. The Kier molecular flexibility index (Phi) is 4.34. The molecule has 2 N–H and O–H groups in total. The van der Waals surface area contributed by atoms with Crippen molar-refractivity contribution < 1.29 is 9.50 Å². The number of hydrogen-bond acceptors (Lipinski definition) is 3. The minimum absolute atomic E-state index is 0.0524. The summed E-state index contributed by atoms with van der Waals surface area (Å²) in [7, 11) is 0. The Balaban J connectivity index is 2.24. The molecular formula is C12H16ClFN2O. The van der Waals surface area contributed by atoms with Gasteiger partial charge in [-0.15, -0.1) is 0 Å². The highest BCUT2D eigenvalue weighted by molar-refractivity contribution is 6.31. The molecule has 0 radical (unpaired) electrons. The standard InChI is InChI=1S/C12H16ClFN2O/c13-11-2-1-9(14)7-10(11)12(8-17)16-5-3-15-4-6-16/h1-2,7,12,15,17H,3-6,8H2/t12-/m0/s1. The van der Waals surface area contributed by atoms with E-state index in [4.69, 9.17) is 11.6 Å². The Morgan fingerprint density at radius 3 is 2.76 bits per heavy atom. The molecule has 0 unspecified atom stereocenters.